The highest BCUT2D eigenvalue weighted by Crippen LogP contribution is 2.26. The number of hydrogen-bond acceptors (Lipinski definition) is 5. The van der Waals surface area contributed by atoms with Gasteiger partial charge in [-0.05, 0) is 30.7 Å². The quantitative estimate of drug-likeness (QED) is 0.528. The average Bonchev–Trinajstić information content (AvgIpc) is 3.00. The molecule has 0 fully saturated rings. The summed E-state index contributed by atoms with van der Waals surface area (Å²) in [5, 5.41) is 10.7. The number of aryl methyl sites for hydroxylation is 1. The fourth-order valence-electron chi connectivity index (χ4n) is 2.51. The van der Waals surface area contributed by atoms with Crippen molar-refractivity contribution in [1.29, 1.82) is 0 Å². The van der Waals surface area contributed by atoms with Gasteiger partial charge in [0.05, 0.1) is 0 Å². The molecule has 0 aliphatic heterocycles. The number of benzene rings is 1. The first-order valence-corrected chi connectivity index (χ1v) is 7.14. The molecule has 0 saturated heterocycles. The zero-order valence-corrected chi connectivity index (χ0v) is 12.7. The largest absolute Gasteiger partial charge is 0.453 e. The highest BCUT2D eigenvalue weighted by molar-refractivity contribution is 5.74. The molecule has 4 aromatic rings. The molecule has 0 aliphatic rings. The van der Waals surface area contributed by atoms with Crippen LogP contribution >= 0.6 is 0 Å². The molecule has 0 amide bonds. The van der Waals surface area contributed by atoms with E-state index in [1.54, 1.807) is 18.2 Å². The lowest BCUT2D eigenvalue weighted by Crippen LogP contribution is -2.20. The first kappa shape index (κ1) is 15.2. The highest BCUT2D eigenvalue weighted by atomic mass is 19.4. The Morgan fingerprint density at radius 3 is 2.64 bits per heavy atom. The standard InChI is InChI=1S/C15H9F3N6O/c1-8-3-2-4-9(7-8)23-6-5-10-11(12(23)25)20-21-14-19-13(15(16,17)18)22-24(10)14/h2-7H,1H3. The van der Waals surface area contributed by atoms with Gasteiger partial charge in [-0.2, -0.15) is 22.7 Å². The number of halogens is 3. The lowest BCUT2D eigenvalue weighted by molar-refractivity contribution is -0.144. The number of hydrogen-bond donors (Lipinski definition) is 0. The van der Waals surface area contributed by atoms with Crippen LogP contribution in [0.15, 0.2) is 41.3 Å². The van der Waals surface area contributed by atoms with Crippen LogP contribution in [0.4, 0.5) is 13.2 Å². The summed E-state index contributed by atoms with van der Waals surface area (Å²) in [6.45, 7) is 1.88. The second-order valence-electron chi connectivity index (χ2n) is 5.41. The third-order valence-corrected chi connectivity index (χ3v) is 3.64. The maximum atomic E-state index is 12.8. The van der Waals surface area contributed by atoms with Gasteiger partial charge in [-0.15, -0.1) is 15.3 Å². The van der Waals surface area contributed by atoms with Gasteiger partial charge in [0.25, 0.3) is 17.2 Å². The summed E-state index contributed by atoms with van der Waals surface area (Å²) in [7, 11) is 0. The smallest absolute Gasteiger partial charge is 0.282 e. The van der Waals surface area contributed by atoms with Crippen LogP contribution in [0.3, 0.4) is 0 Å². The van der Waals surface area contributed by atoms with Gasteiger partial charge in [0.1, 0.15) is 5.52 Å². The van der Waals surface area contributed by atoms with Crippen LogP contribution < -0.4 is 5.56 Å². The molecule has 4 rings (SSSR count). The lowest BCUT2D eigenvalue weighted by atomic mass is 10.2. The van der Waals surface area contributed by atoms with Crippen LogP contribution in [0, 0.1) is 6.92 Å². The zero-order chi connectivity index (χ0) is 17.8. The Kier molecular flexibility index (Phi) is 3.11. The van der Waals surface area contributed by atoms with Gasteiger partial charge in [-0.1, -0.05) is 12.1 Å². The van der Waals surface area contributed by atoms with E-state index >= 15 is 0 Å². The van der Waals surface area contributed by atoms with Crippen LogP contribution in [-0.2, 0) is 6.18 Å². The second-order valence-corrected chi connectivity index (χ2v) is 5.41. The van der Waals surface area contributed by atoms with Crippen molar-refractivity contribution in [1.82, 2.24) is 29.4 Å². The molecule has 1 aromatic carbocycles. The Hall–Kier alpha value is -3.30. The minimum Gasteiger partial charge on any atom is -0.282 e. The van der Waals surface area contributed by atoms with E-state index in [0.29, 0.717) is 5.69 Å². The fourth-order valence-corrected chi connectivity index (χ4v) is 2.51. The van der Waals surface area contributed by atoms with Crippen molar-refractivity contribution < 1.29 is 13.2 Å². The molecule has 0 saturated carbocycles. The minimum absolute atomic E-state index is 0.0990. The molecular weight excluding hydrogens is 337 g/mol. The third-order valence-electron chi connectivity index (χ3n) is 3.64. The Bertz CT molecular complexity index is 1180. The summed E-state index contributed by atoms with van der Waals surface area (Å²) in [5.74, 6) is -1.66. The SMILES string of the molecule is Cc1cccc(-n2ccc3c(nnc4nc(C(F)(F)F)nn43)c2=O)c1. The first-order valence-electron chi connectivity index (χ1n) is 7.14. The topological polar surface area (TPSA) is 78.0 Å². The average molecular weight is 346 g/mol. The van der Waals surface area contributed by atoms with E-state index in [0.717, 1.165) is 10.1 Å². The Balaban J connectivity index is 1.99. The summed E-state index contributed by atoms with van der Waals surface area (Å²) < 4.78 is 40.5. The number of rotatable bonds is 1. The molecular formula is C15H9F3N6O. The van der Waals surface area contributed by atoms with Crippen LogP contribution in [0.5, 0.6) is 0 Å². The van der Waals surface area contributed by atoms with E-state index in [9.17, 15) is 18.0 Å². The molecule has 0 spiro atoms. The normalized spacial score (nSPS) is 12.2. The van der Waals surface area contributed by atoms with Gasteiger partial charge in [0.2, 0.25) is 0 Å². The molecule has 0 bridgehead atoms. The van der Waals surface area contributed by atoms with Crippen molar-refractivity contribution in [3.05, 3.63) is 58.3 Å². The van der Waals surface area contributed by atoms with Gasteiger partial charge in [-0.3, -0.25) is 9.36 Å². The van der Waals surface area contributed by atoms with E-state index < -0.39 is 17.6 Å². The van der Waals surface area contributed by atoms with Crippen molar-refractivity contribution in [2.45, 2.75) is 13.1 Å². The Labute approximate surface area is 137 Å². The van der Waals surface area contributed by atoms with Crippen molar-refractivity contribution in [3.63, 3.8) is 0 Å². The molecule has 0 aliphatic carbocycles. The zero-order valence-electron chi connectivity index (χ0n) is 12.7. The predicted molar refractivity (Wildman–Crippen MR) is 81.4 cm³/mol. The second kappa shape index (κ2) is 5.10. The maximum Gasteiger partial charge on any atom is 0.453 e. The van der Waals surface area contributed by atoms with Crippen molar-refractivity contribution in [3.8, 4) is 5.69 Å². The number of alkyl halides is 3. The van der Waals surface area contributed by atoms with Crippen molar-refractivity contribution in [2.24, 2.45) is 0 Å². The van der Waals surface area contributed by atoms with E-state index in [4.69, 9.17) is 0 Å². The summed E-state index contributed by atoms with van der Waals surface area (Å²) in [6, 6.07) is 8.67. The summed E-state index contributed by atoms with van der Waals surface area (Å²) >= 11 is 0. The summed E-state index contributed by atoms with van der Waals surface area (Å²) in [4.78, 5) is 16.0. The van der Waals surface area contributed by atoms with Gasteiger partial charge in [-0.25, -0.2) is 0 Å². The molecule has 7 nitrogen and oxygen atoms in total. The molecule has 0 radical (unpaired) electrons. The molecule has 3 heterocycles. The molecule has 0 atom stereocenters. The Morgan fingerprint density at radius 2 is 1.92 bits per heavy atom. The molecule has 126 valence electrons. The third kappa shape index (κ3) is 2.42. The van der Waals surface area contributed by atoms with Gasteiger partial charge < -0.3 is 0 Å². The van der Waals surface area contributed by atoms with E-state index in [-0.39, 0.29) is 16.8 Å². The van der Waals surface area contributed by atoms with E-state index in [2.05, 4.69) is 20.3 Å². The van der Waals surface area contributed by atoms with Gasteiger partial charge in [0, 0.05) is 11.9 Å². The van der Waals surface area contributed by atoms with E-state index in [1.807, 2.05) is 13.0 Å². The number of nitrogens with zero attached hydrogens (tertiary/aromatic N) is 6. The van der Waals surface area contributed by atoms with Gasteiger partial charge in [0.15, 0.2) is 5.52 Å². The number of fused-ring (bicyclic) bond motifs is 3. The van der Waals surface area contributed by atoms with Crippen LogP contribution in [0.1, 0.15) is 11.4 Å². The van der Waals surface area contributed by atoms with Crippen molar-refractivity contribution >= 4 is 16.8 Å². The molecule has 25 heavy (non-hydrogen) atoms. The number of pyridine rings is 1. The molecule has 0 unspecified atom stereocenters. The number of aromatic nitrogens is 6. The van der Waals surface area contributed by atoms with Crippen LogP contribution in [-0.4, -0.2) is 29.4 Å². The monoisotopic (exact) mass is 346 g/mol. The molecule has 10 heteroatoms. The van der Waals surface area contributed by atoms with E-state index in [1.165, 1.54) is 16.8 Å². The first-order chi connectivity index (χ1) is 11.8. The lowest BCUT2D eigenvalue weighted by Gasteiger charge is -2.07. The molecule has 0 N–H and O–H groups in total. The summed E-state index contributed by atoms with van der Waals surface area (Å²) in [6.07, 6.45) is -3.26. The van der Waals surface area contributed by atoms with Crippen LogP contribution in [0.2, 0.25) is 0 Å². The van der Waals surface area contributed by atoms with Crippen LogP contribution in [0.25, 0.3) is 22.5 Å². The predicted octanol–water partition coefficient (Wildman–Crippen LogP) is 2.15. The minimum atomic E-state index is -4.71. The Morgan fingerprint density at radius 1 is 1.12 bits per heavy atom. The maximum absolute atomic E-state index is 12.8. The van der Waals surface area contributed by atoms with Gasteiger partial charge >= 0.3 is 6.18 Å². The summed E-state index contributed by atoms with van der Waals surface area (Å²) in [5.41, 5.74) is 1.05. The highest BCUT2D eigenvalue weighted by Gasteiger charge is 2.36. The molecule has 3 aromatic heterocycles. The van der Waals surface area contributed by atoms with Crippen molar-refractivity contribution in [2.75, 3.05) is 0 Å². The fraction of sp³-hybridized carbons (Fsp3) is 0.133.